The van der Waals surface area contributed by atoms with Crippen LogP contribution in [0.1, 0.15) is 101 Å². The van der Waals surface area contributed by atoms with Gasteiger partial charge in [-0.1, -0.05) is 68.0 Å². The number of unbranched alkanes of at least 4 members (excludes halogenated alkanes) is 2. The van der Waals surface area contributed by atoms with E-state index in [0.29, 0.717) is 43.1 Å². The summed E-state index contributed by atoms with van der Waals surface area (Å²) in [6.07, 6.45) is 14.7. The number of hydrogen-bond acceptors (Lipinski definition) is 8. The molecular weight excluding hydrogens is 675 g/mol. The van der Waals surface area contributed by atoms with Crippen LogP contribution in [-0.2, 0) is 20.9 Å². The fraction of sp³-hybridized carbons (Fsp3) is 0.581. The zero-order valence-electron chi connectivity index (χ0n) is 31.1. The normalized spacial score (nSPS) is 27.1. The molecule has 0 radical (unpaired) electrons. The highest BCUT2D eigenvalue weighted by atomic mass is 19.1. The molecular formula is C43H57FN2O7. The summed E-state index contributed by atoms with van der Waals surface area (Å²) in [6.45, 7) is 4.59. The third-order valence-corrected chi connectivity index (χ3v) is 12.1. The SMILES string of the molecule is C=CCOC12Oc3ccc(O)cc3C3C(CCCCO)C(CCCCO)C=C(C(=NOC)CC1N(Cc1ccc(F)cc1)C(=O)CCC1CCCC1)C32. The molecule has 3 aliphatic carbocycles. The molecule has 2 fully saturated rings. The van der Waals surface area contributed by atoms with Gasteiger partial charge in [-0.2, -0.15) is 0 Å². The first-order chi connectivity index (χ1) is 25.8. The molecule has 10 heteroatoms. The van der Waals surface area contributed by atoms with Gasteiger partial charge in [-0.05, 0) is 91.3 Å². The third-order valence-electron chi connectivity index (χ3n) is 12.1. The first kappa shape index (κ1) is 39.0. The first-order valence-electron chi connectivity index (χ1n) is 19.7. The second-order valence-electron chi connectivity index (χ2n) is 15.3. The van der Waals surface area contributed by atoms with E-state index in [9.17, 15) is 24.5 Å². The maximum Gasteiger partial charge on any atom is 0.239 e. The highest BCUT2D eigenvalue weighted by Gasteiger charge is 2.65. The number of aromatic hydroxyl groups is 1. The summed E-state index contributed by atoms with van der Waals surface area (Å²) in [5.74, 6) is -1.00. The molecule has 2 aromatic rings. The number of carbonyl (C=O) groups excluding carboxylic acids is 1. The lowest BCUT2D eigenvalue weighted by Crippen LogP contribution is -2.70. The molecule has 0 saturated heterocycles. The van der Waals surface area contributed by atoms with E-state index in [1.54, 1.807) is 36.4 Å². The van der Waals surface area contributed by atoms with E-state index < -0.39 is 17.7 Å². The van der Waals surface area contributed by atoms with Crippen LogP contribution in [0.25, 0.3) is 0 Å². The number of benzene rings is 2. The number of aliphatic hydroxyl groups is 2. The number of ether oxygens (including phenoxy) is 2. The molecule has 3 N–H and O–H groups in total. The molecule has 0 bridgehead atoms. The minimum absolute atomic E-state index is 0.0224. The second kappa shape index (κ2) is 18.1. The van der Waals surface area contributed by atoms with Gasteiger partial charge in [0.1, 0.15) is 30.5 Å². The van der Waals surface area contributed by atoms with Gasteiger partial charge in [0.25, 0.3) is 0 Å². The predicted molar refractivity (Wildman–Crippen MR) is 202 cm³/mol. The Labute approximate surface area is 313 Å². The maximum absolute atomic E-state index is 14.8. The topological polar surface area (TPSA) is 121 Å². The van der Waals surface area contributed by atoms with Crippen molar-refractivity contribution in [2.45, 2.75) is 108 Å². The van der Waals surface area contributed by atoms with Crippen molar-refractivity contribution < 1.29 is 38.8 Å². The lowest BCUT2D eigenvalue weighted by Gasteiger charge is -2.60. The molecule has 1 aliphatic heterocycles. The van der Waals surface area contributed by atoms with Crippen molar-refractivity contribution in [2.75, 3.05) is 26.9 Å². The van der Waals surface area contributed by atoms with Crippen molar-refractivity contribution in [3.63, 3.8) is 0 Å². The highest BCUT2D eigenvalue weighted by Crippen LogP contribution is 2.62. The summed E-state index contributed by atoms with van der Waals surface area (Å²) in [4.78, 5) is 22.2. The Bertz CT molecular complexity index is 1610. The van der Waals surface area contributed by atoms with Crippen LogP contribution in [0.2, 0.25) is 0 Å². The molecule has 2 aromatic carbocycles. The minimum atomic E-state index is -1.38. The van der Waals surface area contributed by atoms with Crippen molar-refractivity contribution in [1.29, 1.82) is 0 Å². The monoisotopic (exact) mass is 732 g/mol. The van der Waals surface area contributed by atoms with Crippen molar-refractivity contribution in [2.24, 2.45) is 28.8 Å². The van der Waals surface area contributed by atoms with Crippen LogP contribution in [0.4, 0.5) is 4.39 Å². The van der Waals surface area contributed by atoms with Crippen molar-refractivity contribution in [3.8, 4) is 11.5 Å². The van der Waals surface area contributed by atoms with Crippen LogP contribution in [0.3, 0.4) is 0 Å². The molecule has 9 nitrogen and oxygen atoms in total. The Hall–Kier alpha value is -3.73. The fourth-order valence-electron chi connectivity index (χ4n) is 9.70. The van der Waals surface area contributed by atoms with Crippen LogP contribution < -0.4 is 4.74 Å². The number of fused-ring (bicyclic) bond motifs is 2. The van der Waals surface area contributed by atoms with Gasteiger partial charge >= 0.3 is 0 Å². The average molecular weight is 733 g/mol. The molecule has 1 amide bonds. The van der Waals surface area contributed by atoms with Crippen LogP contribution in [-0.4, -0.2) is 70.6 Å². The van der Waals surface area contributed by atoms with Crippen molar-refractivity contribution >= 4 is 11.6 Å². The number of carbonyl (C=O) groups is 1. The smallest absolute Gasteiger partial charge is 0.239 e. The Kier molecular flexibility index (Phi) is 13.3. The Balaban J connectivity index is 1.54. The van der Waals surface area contributed by atoms with Gasteiger partial charge in [0.15, 0.2) is 0 Å². The van der Waals surface area contributed by atoms with Gasteiger partial charge in [-0.25, -0.2) is 4.39 Å². The van der Waals surface area contributed by atoms with Gasteiger partial charge in [0.05, 0.1) is 18.2 Å². The molecule has 6 rings (SSSR count). The molecule has 2 saturated carbocycles. The average Bonchev–Trinajstić information content (AvgIpc) is 3.69. The summed E-state index contributed by atoms with van der Waals surface area (Å²) in [5, 5.41) is 35.1. The summed E-state index contributed by atoms with van der Waals surface area (Å²) in [7, 11) is 1.53. The number of amides is 1. The number of phenols is 1. The maximum atomic E-state index is 14.8. The van der Waals surface area contributed by atoms with E-state index in [-0.39, 0.29) is 61.6 Å². The third kappa shape index (κ3) is 8.50. The minimum Gasteiger partial charge on any atom is -0.508 e. The molecule has 53 heavy (non-hydrogen) atoms. The number of phenolic OH excluding ortho intramolecular Hbond substituents is 1. The van der Waals surface area contributed by atoms with Crippen molar-refractivity contribution in [1.82, 2.24) is 4.90 Å². The van der Waals surface area contributed by atoms with E-state index in [4.69, 9.17) is 14.3 Å². The van der Waals surface area contributed by atoms with E-state index in [1.165, 1.54) is 32.1 Å². The van der Waals surface area contributed by atoms with E-state index >= 15 is 0 Å². The molecule has 0 aromatic heterocycles. The molecule has 288 valence electrons. The molecule has 6 unspecified atom stereocenters. The summed E-state index contributed by atoms with van der Waals surface area (Å²) in [5.41, 5.74) is 3.32. The Morgan fingerprint density at radius 2 is 1.79 bits per heavy atom. The lowest BCUT2D eigenvalue weighted by molar-refractivity contribution is -0.258. The van der Waals surface area contributed by atoms with Gasteiger partial charge in [-0.3, -0.25) is 4.79 Å². The molecule has 4 aliphatic rings. The van der Waals surface area contributed by atoms with E-state index in [2.05, 4.69) is 17.8 Å². The summed E-state index contributed by atoms with van der Waals surface area (Å²) < 4.78 is 28.3. The van der Waals surface area contributed by atoms with Gasteiger partial charge in [-0.15, -0.1) is 6.58 Å². The number of rotatable bonds is 18. The molecule has 6 atom stereocenters. The number of allylic oxidation sites excluding steroid dienone is 1. The summed E-state index contributed by atoms with van der Waals surface area (Å²) >= 11 is 0. The number of aliphatic hydroxyl groups excluding tert-OH is 2. The standard InChI is InChI=1S/C43H57FN2O7/c1-3-24-52-43-39(46(28-30-14-17-32(44)18-15-30)40(50)21-16-29-10-4-5-11-29)27-37(45-51-2)35-25-31(12-6-8-22-47)34(13-7-9-23-48)41(42(35)43)36-26-33(49)19-20-38(36)53-43/h3,14-15,17-20,25-26,29,31,34,39,41-42,47-49H,1,4-13,16,21-24,27-28H2,2H3. The number of hydrogen-bond donors (Lipinski definition) is 3. The molecule has 1 heterocycles. The van der Waals surface area contributed by atoms with Gasteiger partial charge in [0.2, 0.25) is 11.7 Å². The zero-order chi connectivity index (χ0) is 37.4. The number of nitrogens with zero attached hydrogens (tertiary/aromatic N) is 2. The molecule has 0 spiro atoms. The highest BCUT2D eigenvalue weighted by molar-refractivity contribution is 6.03. The number of halogens is 1. The Morgan fingerprint density at radius 1 is 1.06 bits per heavy atom. The first-order valence-corrected chi connectivity index (χ1v) is 19.7. The van der Waals surface area contributed by atoms with E-state index in [0.717, 1.165) is 61.6 Å². The number of oxime groups is 1. The zero-order valence-corrected chi connectivity index (χ0v) is 31.1. The Morgan fingerprint density at radius 3 is 2.49 bits per heavy atom. The van der Waals surface area contributed by atoms with Gasteiger partial charge in [0, 0.05) is 44.1 Å². The van der Waals surface area contributed by atoms with Crippen LogP contribution in [0, 0.1) is 29.5 Å². The van der Waals surface area contributed by atoms with Crippen molar-refractivity contribution in [3.05, 3.63) is 83.7 Å². The van der Waals surface area contributed by atoms with Gasteiger partial charge < -0.3 is 34.5 Å². The van der Waals surface area contributed by atoms with Crippen LogP contribution in [0.15, 0.2) is 71.9 Å². The quantitative estimate of drug-likeness (QED) is 0.0813. The second-order valence-corrected chi connectivity index (χ2v) is 15.3. The van der Waals surface area contributed by atoms with Crippen LogP contribution in [0.5, 0.6) is 11.5 Å². The lowest BCUT2D eigenvalue weighted by atomic mass is 9.55. The predicted octanol–water partition coefficient (Wildman–Crippen LogP) is 7.79. The fourth-order valence-corrected chi connectivity index (χ4v) is 9.70. The summed E-state index contributed by atoms with van der Waals surface area (Å²) in [6, 6.07) is 10.8. The van der Waals surface area contributed by atoms with Crippen LogP contribution >= 0.6 is 0 Å². The largest absolute Gasteiger partial charge is 0.508 e. The van der Waals surface area contributed by atoms with E-state index in [1.807, 2.05) is 4.90 Å².